The number of rotatable bonds is 26. The molecule has 40 heavy (non-hydrogen) atoms. The van der Waals surface area contributed by atoms with Gasteiger partial charge in [0.25, 0.3) is 0 Å². The third-order valence-electron chi connectivity index (χ3n) is 5.82. The molecule has 0 rings (SSSR count). The Morgan fingerprint density at radius 2 is 0.925 bits per heavy atom. The maximum Gasteiger partial charge on any atom is 0.303 e. The van der Waals surface area contributed by atoms with E-state index in [2.05, 4.69) is 10.6 Å². The lowest BCUT2D eigenvalue weighted by molar-refractivity contribution is -0.142. The molecule has 0 aromatic carbocycles. The maximum absolute atomic E-state index is 11.9. The van der Waals surface area contributed by atoms with E-state index in [-0.39, 0.29) is 30.8 Å². The second-order valence-corrected chi connectivity index (χ2v) is 9.25. The van der Waals surface area contributed by atoms with Gasteiger partial charge in [-0.3, -0.25) is 19.2 Å². The summed E-state index contributed by atoms with van der Waals surface area (Å²) in [5.74, 6) is -1.17. The molecule has 3 N–H and O–H groups in total. The molecule has 0 radical (unpaired) electrons. The molecule has 238 valence electrons. The number of hydrogen-bond acceptors (Lipinski definition) is 6. The van der Waals surface area contributed by atoms with Crippen molar-refractivity contribution in [2.75, 3.05) is 32.9 Å². The SMILES string of the molecule is CC.CC.CC(=O)OCCOCCNC(=O)CCNC(=O)CCCCCCCCCCCCCCCCC(=O)O. The summed E-state index contributed by atoms with van der Waals surface area (Å²) < 4.78 is 9.96. The van der Waals surface area contributed by atoms with Crippen LogP contribution < -0.4 is 10.6 Å². The van der Waals surface area contributed by atoms with Crippen LogP contribution in [0, 0.1) is 0 Å². The average Bonchev–Trinajstić information content (AvgIpc) is 2.94. The fourth-order valence-corrected chi connectivity index (χ4v) is 3.78. The molecule has 0 unspecified atom stereocenters. The summed E-state index contributed by atoms with van der Waals surface area (Å²) in [6, 6.07) is 0. The molecule has 0 aliphatic carbocycles. The lowest BCUT2D eigenvalue weighted by Crippen LogP contribution is -2.32. The van der Waals surface area contributed by atoms with E-state index in [0.717, 1.165) is 38.5 Å². The molecule has 0 heterocycles. The van der Waals surface area contributed by atoms with Crippen LogP contribution in [0.1, 0.15) is 144 Å². The molecule has 0 saturated heterocycles. The molecule has 0 atom stereocenters. The summed E-state index contributed by atoms with van der Waals surface area (Å²) in [6.45, 7) is 10.9. The summed E-state index contributed by atoms with van der Waals surface area (Å²) >= 11 is 0. The predicted molar refractivity (Wildman–Crippen MR) is 162 cm³/mol. The van der Waals surface area contributed by atoms with Gasteiger partial charge in [-0.1, -0.05) is 105 Å². The van der Waals surface area contributed by atoms with Gasteiger partial charge >= 0.3 is 11.9 Å². The standard InChI is InChI=1S/C27H50N2O7.2C2H6/c1-24(30)36-23-22-35-21-20-29-26(32)18-19-28-25(31)16-14-12-10-8-6-4-2-3-5-7-9-11-13-15-17-27(33)34;2*1-2/h2-23H2,1H3,(H,28,31)(H,29,32)(H,33,34);2*1-2H3. The van der Waals surface area contributed by atoms with Crippen LogP contribution in [0.4, 0.5) is 0 Å². The number of amides is 2. The molecular weight excluding hydrogens is 512 g/mol. The van der Waals surface area contributed by atoms with Crippen LogP contribution in [0.2, 0.25) is 0 Å². The van der Waals surface area contributed by atoms with Gasteiger partial charge in [0.1, 0.15) is 6.61 Å². The predicted octanol–water partition coefficient (Wildman–Crippen LogP) is 6.57. The highest BCUT2D eigenvalue weighted by Crippen LogP contribution is 2.13. The van der Waals surface area contributed by atoms with Crippen molar-refractivity contribution < 1.29 is 33.8 Å². The first-order chi connectivity index (χ1) is 19.4. The zero-order chi connectivity index (χ0) is 30.7. The monoisotopic (exact) mass is 574 g/mol. The Balaban J connectivity index is -0.00000326. The normalized spacial score (nSPS) is 9.93. The topological polar surface area (TPSA) is 131 Å². The Hall–Kier alpha value is -2.16. The van der Waals surface area contributed by atoms with E-state index in [0.29, 0.717) is 39.1 Å². The number of unbranched alkanes of at least 4 members (excludes halogenated alkanes) is 13. The van der Waals surface area contributed by atoms with Crippen LogP contribution >= 0.6 is 0 Å². The molecule has 9 heteroatoms. The van der Waals surface area contributed by atoms with E-state index in [4.69, 9.17) is 14.6 Å². The average molecular weight is 575 g/mol. The number of ether oxygens (including phenoxy) is 2. The maximum atomic E-state index is 11.9. The third-order valence-corrected chi connectivity index (χ3v) is 5.82. The summed E-state index contributed by atoms with van der Waals surface area (Å²) in [6.07, 6.45) is 17.2. The van der Waals surface area contributed by atoms with Crippen LogP contribution in [0.15, 0.2) is 0 Å². The summed E-state index contributed by atoms with van der Waals surface area (Å²) in [5, 5.41) is 14.1. The minimum Gasteiger partial charge on any atom is -0.481 e. The van der Waals surface area contributed by atoms with E-state index >= 15 is 0 Å². The molecule has 2 amide bonds. The van der Waals surface area contributed by atoms with Crippen molar-refractivity contribution in [1.82, 2.24) is 10.6 Å². The first kappa shape index (κ1) is 42.3. The van der Waals surface area contributed by atoms with Crippen molar-refractivity contribution in [2.24, 2.45) is 0 Å². The highest BCUT2D eigenvalue weighted by molar-refractivity contribution is 5.78. The summed E-state index contributed by atoms with van der Waals surface area (Å²) in [7, 11) is 0. The van der Waals surface area contributed by atoms with Crippen LogP contribution in [0.25, 0.3) is 0 Å². The van der Waals surface area contributed by atoms with Gasteiger partial charge in [-0.15, -0.1) is 0 Å². The molecule has 0 aromatic rings. The first-order valence-electron chi connectivity index (χ1n) is 15.9. The Morgan fingerprint density at radius 3 is 1.38 bits per heavy atom. The molecule has 0 spiro atoms. The van der Waals surface area contributed by atoms with Gasteiger partial charge in [0.15, 0.2) is 0 Å². The van der Waals surface area contributed by atoms with Crippen LogP contribution in [-0.4, -0.2) is 61.8 Å². The van der Waals surface area contributed by atoms with Crippen molar-refractivity contribution >= 4 is 23.8 Å². The van der Waals surface area contributed by atoms with Crippen LogP contribution in [0.3, 0.4) is 0 Å². The fraction of sp³-hybridized carbons (Fsp3) is 0.871. The van der Waals surface area contributed by atoms with Gasteiger partial charge in [0.05, 0.1) is 13.2 Å². The summed E-state index contributed by atoms with van der Waals surface area (Å²) in [4.78, 5) is 44.6. The Bertz CT molecular complexity index is 586. The van der Waals surface area contributed by atoms with Gasteiger partial charge in [-0.25, -0.2) is 0 Å². The van der Waals surface area contributed by atoms with Gasteiger partial charge in [-0.2, -0.15) is 0 Å². The molecular formula is C31H62N2O7. The lowest BCUT2D eigenvalue weighted by atomic mass is 10.0. The summed E-state index contributed by atoms with van der Waals surface area (Å²) in [5.41, 5.74) is 0. The number of aliphatic carboxylic acids is 1. The van der Waals surface area contributed by atoms with E-state index in [1.807, 2.05) is 27.7 Å². The third kappa shape index (κ3) is 40.3. The highest BCUT2D eigenvalue weighted by Gasteiger charge is 2.04. The zero-order valence-corrected chi connectivity index (χ0v) is 26.5. The van der Waals surface area contributed by atoms with Crippen LogP contribution in [-0.2, 0) is 28.7 Å². The fourth-order valence-electron chi connectivity index (χ4n) is 3.78. The smallest absolute Gasteiger partial charge is 0.303 e. The minimum absolute atomic E-state index is 0.00140. The number of carbonyl (C=O) groups is 4. The van der Waals surface area contributed by atoms with E-state index in [9.17, 15) is 19.2 Å². The quantitative estimate of drug-likeness (QED) is 0.0787. The molecule has 0 aliphatic heterocycles. The molecule has 0 aliphatic rings. The van der Waals surface area contributed by atoms with E-state index < -0.39 is 5.97 Å². The van der Waals surface area contributed by atoms with E-state index in [1.54, 1.807) is 0 Å². The molecule has 0 bridgehead atoms. The molecule has 0 saturated carbocycles. The molecule has 0 fully saturated rings. The van der Waals surface area contributed by atoms with Crippen molar-refractivity contribution in [3.8, 4) is 0 Å². The van der Waals surface area contributed by atoms with E-state index in [1.165, 1.54) is 58.3 Å². The van der Waals surface area contributed by atoms with Crippen molar-refractivity contribution in [2.45, 2.75) is 144 Å². The first-order valence-corrected chi connectivity index (χ1v) is 15.9. The van der Waals surface area contributed by atoms with Crippen molar-refractivity contribution in [1.29, 1.82) is 0 Å². The molecule has 0 aromatic heterocycles. The minimum atomic E-state index is -0.690. The van der Waals surface area contributed by atoms with Crippen molar-refractivity contribution in [3.63, 3.8) is 0 Å². The molecule has 9 nitrogen and oxygen atoms in total. The number of carboxylic acid groups (broad SMARTS) is 1. The van der Waals surface area contributed by atoms with Gasteiger partial charge in [-0.05, 0) is 12.8 Å². The lowest BCUT2D eigenvalue weighted by Gasteiger charge is -2.08. The second kappa shape index (κ2) is 36.8. The van der Waals surface area contributed by atoms with Gasteiger partial charge in [0.2, 0.25) is 11.8 Å². The number of hydrogen-bond donors (Lipinski definition) is 3. The Kier molecular flexibility index (Phi) is 39.0. The second-order valence-electron chi connectivity index (χ2n) is 9.25. The number of carbonyl (C=O) groups excluding carboxylic acids is 3. The number of esters is 1. The largest absolute Gasteiger partial charge is 0.481 e. The van der Waals surface area contributed by atoms with Gasteiger partial charge in [0, 0.05) is 39.3 Å². The number of nitrogens with one attached hydrogen (secondary N) is 2. The Morgan fingerprint density at radius 1 is 0.525 bits per heavy atom. The zero-order valence-electron chi connectivity index (χ0n) is 26.5. The Labute approximate surface area is 244 Å². The number of carboxylic acids is 1. The van der Waals surface area contributed by atoms with Crippen LogP contribution in [0.5, 0.6) is 0 Å². The van der Waals surface area contributed by atoms with Crippen molar-refractivity contribution in [3.05, 3.63) is 0 Å². The van der Waals surface area contributed by atoms with Gasteiger partial charge < -0.3 is 25.2 Å². The highest BCUT2D eigenvalue weighted by atomic mass is 16.6.